The lowest BCUT2D eigenvalue weighted by Crippen LogP contribution is -2.32. The molecule has 0 radical (unpaired) electrons. The summed E-state index contributed by atoms with van der Waals surface area (Å²) in [4.78, 5) is 11.7. The van der Waals surface area contributed by atoms with E-state index in [1.54, 1.807) is 7.11 Å². The minimum Gasteiger partial charge on any atom is -0.496 e. The van der Waals surface area contributed by atoms with E-state index in [0.717, 1.165) is 11.1 Å². The number of carbonyl (C=O) groups is 1. The van der Waals surface area contributed by atoms with Crippen LogP contribution in [0.25, 0.3) is 0 Å². The van der Waals surface area contributed by atoms with Crippen LogP contribution in [-0.4, -0.2) is 30.8 Å². The second-order valence-corrected chi connectivity index (χ2v) is 4.36. The molecular weight excluding hydrogens is 230 g/mol. The molecule has 1 unspecified atom stereocenters. The van der Waals surface area contributed by atoms with Gasteiger partial charge in [-0.1, -0.05) is 24.6 Å². The second kappa shape index (κ2) is 7.01. The third-order valence-electron chi connectivity index (χ3n) is 2.79. The van der Waals surface area contributed by atoms with Crippen molar-refractivity contribution < 1.29 is 14.6 Å². The Morgan fingerprint density at radius 1 is 1.50 bits per heavy atom. The molecule has 1 aromatic carbocycles. The number of amides is 1. The monoisotopic (exact) mass is 251 g/mol. The van der Waals surface area contributed by atoms with Crippen molar-refractivity contribution in [1.82, 2.24) is 5.32 Å². The molecule has 1 amide bonds. The van der Waals surface area contributed by atoms with Crippen LogP contribution in [0.1, 0.15) is 24.5 Å². The summed E-state index contributed by atoms with van der Waals surface area (Å²) in [6, 6.07) is 5.74. The Bertz CT molecular complexity index is 404. The Morgan fingerprint density at radius 2 is 2.22 bits per heavy atom. The lowest BCUT2D eigenvalue weighted by atomic mass is 10.1. The van der Waals surface area contributed by atoms with Crippen molar-refractivity contribution in [2.75, 3.05) is 13.7 Å². The van der Waals surface area contributed by atoms with Crippen LogP contribution in [0.4, 0.5) is 0 Å². The van der Waals surface area contributed by atoms with E-state index in [4.69, 9.17) is 4.74 Å². The number of rotatable bonds is 6. The van der Waals surface area contributed by atoms with Gasteiger partial charge in [-0.3, -0.25) is 4.79 Å². The van der Waals surface area contributed by atoms with Gasteiger partial charge >= 0.3 is 0 Å². The van der Waals surface area contributed by atoms with E-state index >= 15 is 0 Å². The first-order valence-electron chi connectivity index (χ1n) is 6.15. The highest BCUT2D eigenvalue weighted by molar-refractivity contribution is 5.79. The summed E-state index contributed by atoms with van der Waals surface area (Å²) >= 11 is 0. The lowest BCUT2D eigenvalue weighted by Gasteiger charge is -2.11. The SMILES string of the molecule is CCC(O)CNC(=O)Cc1cc(C)ccc1OC. The summed E-state index contributed by atoms with van der Waals surface area (Å²) in [5.41, 5.74) is 1.95. The average molecular weight is 251 g/mol. The van der Waals surface area contributed by atoms with E-state index in [1.807, 2.05) is 32.0 Å². The van der Waals surface area contributed by atoms with Gasteiger partial charge in [0.1, 0.15) is 5.75 Å². The normalized spacial score (nSPS) is 12.0. The largest absolute Gasteiger partial charge is 0.496 e. The first-order chi connectivity index (χ1) is 8.56. The summed E-state index contributed by atoms with van der Waals surface area (Å²) in [5, 5.41) is 12.1. The molecule has 1 atom stereocenters. The smallest absolute Gasteiger partial charge is 0.224 e. The highest BCUT2D eigenvalue weighted by atomic mass is 16.5. The van der Waals surface area contributed by atoms with Crippen LogP contribution in [0.15, 0.2) is 18.2 Å². The maximum atomic E-state index is 11.7. The Labute approximate surface area is 108 Å². The van der Waals surface area contributed by atoms with Crippen molar-refractivity contribution in [3.8, 4) is 5.75 Å². The van der Waals surface area contributed by atoms with Gasteiger partial charge in [-0.2, -0.15) is 0 Å². The van der Waals surface area contributed by atoms with E-state index < -0.39 is 6.10 Å². The number of aliphatic hydroxyl groups excluding tert-OH is 1. The zero-order valence-electron chi connectivity index (χ0n) is 11.2. The van der Waals surface area contributed by atoms with Gasteiger partial charge in [0.2, 0.25) is 5.91 Å². The van der Waals surface area contributed by atoms with Crippen molar-refractivity contribution in [3.63, 3.8) is 0 Å². The lowest BCUT2D eigenvalue weighted by molar-refractivity contribution is -0.120. The Kier molecular flexibility index (Phi) is 5.65. The molecule has 1 aromatic rings. The molecule has 0 aromatic heterocycles. The number of hydrogen-bond acceptors (Lipinski definition) is 3. The fraction of sp³-hybridized carbons (Fsp3) is 0.500. The Hall–Kier alpha value is -1.55. The van der Waals surface area contributed by atoms with Gasteiger partial charge in [0.05, 0.1) is 19.6 Å². The minimum absolute atomic E-state index is 0.105. The van der Waals surface area contributed by atoms with Crippen molar-refractivity contribution >= 4 is 5.91 Å². The van der Waals surface area contributed by atoms with Crippen LogP contribution in [0.3, 0.4) is 0 Å². The molecule has 4 nitrogen and oxygen atoms in total. The molecule has 2 N–H and O–H groups in total. The number of nitrogens with one attached hydrogen (secondary N) is 1. The Morgan fingerprint density at radius 3 is 2.83 bits per heavy atom. The molecule has 0 spiro atoms. The summed E-state index contributed by atoms with van der Waals surface area (Å²) < 4.78 is 5.22. The fourth-order valence-electron chi connectivity index (χ4n) is 1.66. The number of methoxy groups -OCH3 is 1. The molecule has 0 aliphatic carbocycles. The van der Waals surface area contributed by atoms with E-state index in [1.165, 1.54) is 0 Å². The zero-order chi connectivity index (χ0) is 13.5. The predicted octanol–water partition coefficient (Wildman–Crippen LogP) is 1.43. The average Bonchev–Trinajstić information content (AvgIpc) is 2.36. The second-order valence-electron chi connectivity index (χ2n) is 4.36. The maximum absolute atomic E-state index is 11.7. The molecule has 0 aliphatic heterocycles. The van der Waals surface area contributed by atoms with Crippen LogP contribution in [0.2, 0.25) is 0 Å². The van der Waals surface area contributed by atoms with Crippen LogP contribution in [-0.2, 0) is 11.2 Å². The van der Waals surface area contributed by atoms with Crippen molar-refractivity contribution in [2.24, 2.45) is 0 Å². The van der Waals surface area contributed by atoms with Gasteiger partial charge in [0.15, 0.2) is 0 Å². The third-order valence-corrected chi connectivity index (χ3v) is 2.79. The van der Waals surface area contributed by atoms with Crippen LogP contribution < -0.4 is 10.1 Å². The number of aliphatic hydroxyl groups is 1. The molecule has 1 rings (SSSR count). The summed E-state index contributed by atoms with van der Waals surface area (Å²) in [7, 11) is 1.59. The van der Waals surface area contributed by atoms with Gasteiger partial charge in [-0.05, 0) is 19.4 Å². The van der Waals surface area contributed by atoms with Gasteiger partial charge in [-0.25, -0.2) is 0 Å². The van der Waals surface area contributed by atoms with Crippen LogP contribution in [0, 0.1) is 6.92 Å². The quantitative estimate of drug-likeness (QED) is 0.804. The predicted molar refractivity (Wildman–Crippen MR) is 70.7 cm³/mol. The number of benzene rings is 1. The fourth-order valence-corrected chi connectivity index (χ4v) is 1.66. The molecule has 0 bridgehead atoms. The summed E-state index contributed by atoms with van der Waals surface area (Å²) in [6.45, 7) is 4.14. The van der Waals surface area contributed by atoms with Gasteiger partial charge in [0.25, 0.3) is 0 Å². The molecule has 0 heterocycles. The molecule has 100 valence electrons. The van der Waals surface area contributed by atoms with Gasteiger partial charge in [0, 0.05) is 12.1 Å². The van der Waals surface area contributed by atoms with Crippen molar-refractivity contribution in [2.45, 2.75) is 32.8 Å². The van der Waals surface area contributed by atoms with Gasteiger partial charge < -0.3 is 15.2 Å². The molecular formula is C14H21NO3. The van der Waals surface area contributed by atoms with Crippen LogP contribution >= 0.6 is 0 Å². The number of hydrogen-bond donors (Lipinski definition) is 2. The topological polar surface area (TPSA) is 58.6 Å². The van der Waals surface area contributed by atoms with E-state index in [-0.39, 0.29) is 12.3 Å². The number of ether oxygens (including phenoxy) is 1. The number of carbonyl (C=O) groups excluding carboxylic acids is 1. The van der Waals surface area contributed by atoms with E-state index in [9.17, 15) is 9.90 Å². The first kappa shape index (κ1) is 14.5. The molecule has 0 fully saturated rings. The number of aryl methyl sites for hydroxylation is 1. The van der Waals surface area contributed by atoms with Crippen LogP contribution in [0.5, 0.6) is 5.75 Å². The first-order valence-corrected chi connectivity index (χ1v) is 6.15. The highest BCUT2D eigenvalue weighted by Crippen LogP contribution is 2.19. The third kappa shape index (κ3) is 4.37. The van der Waals surface area contributed by atoms with Gasteiger partial charge in [-0.15, -0.1) is 0 Å². The van der Waals surface area contributed by atoms with E-state index in [0.29, 0.717) is 18.7 Å². The molecule has 18 heavy (non-hydrogen) atoms. The summed E-state index contributed by atoms with van der Waals surface area (Å²) in [5.74, 6) is 0.609. The van der Waals surface area contributed by atoms with E-state index in [2.05, 4.69) is 5.32 Å². The minimum atomic E-state index is -0.478. The molecule has 0 aliphatic rings. The highest BCUT2D eigenvalue weighted by Gasteiger charge is 2.10. The molecule has 4 heteroatoms. The maximum Gasteiger partial charge on any atom is 0.224 e. The van der Waals surface area contributed by atoms with Crippen molar-refractivity contribution in [1.29, 1.82) is 0 Å². The van der Waals surface area contributed by atoms with Crippen molar-refractivity contribution in [3.05, 3.63) is 29.3 Å². The Balaban J connectivity index is 2.61. The standard InChI is InChI=1S/C14H21NO3/c1-4-12(16)9-15-14(17)8-11-7-10(2)5-6-13(11)18-3/h5-7,12,16H,4,8-9H2,1-3H3,(H,15,17). The summed E-state index contributed by atoms with van der Waals surface area (Å²) in [6.07, 6.45) is 0.420. The zero-order valence-corrected chi connectivity index (χ0v) is 11.2. The molecule has 0 saturated carbocycles. The molecule has 0 saturated heterocycles.